The average molecular weight is 308 g/mol. The first-order chi connectivity index (χ1) is 11.1. The molecule has 5 nitrogen and oxygen atoms in total. The monoisotopic (exact) mass is 308 g/mol. The standard InChI is InChI=1S/C18H16N2O3/c1-20-15-8-7-12(9-16(15)23-18(20)22)19-17(21)14-10-13(14)11-5-3-2-4-6-11/h2-9,13-14H,10H2,1H3,(H,19,21)/t13-,14+/m1/s1. The van der Waals surface area contributed by atoms with E-state index in [4.69, 9.17) is 4.42 Å². The van der Waals surface area contributed by atoms with E-state index < -0.39 is 5.76 Å². The number of amides is 1. The van der Waals surface area contributed by atoms with Gasteiger partial charge in [-0.3, -0.25) is 9.36 Å². The van der Waals surface area contributed by atoms with Crippen LogP contribution in [0.2, 0.25) is 0 Å². The number of anilines is 1. The van der Waals surface area contributed by atoms with Crippen LogP contribution in [0, 0.1) is 5.92 Å². The van der Waals surface area contributed by atoms with Gasteiger partial charge in [0.05, 0.1) is 5.52 Å². The van der Waals surface area contributed by atoms with E-state index in [2.05, 4.69) is 17.4 Å². The van der Waals surface area contributed by atoms with Gasteiger partial charge in [-0.2, -0.15) is 0 Å². The van der Waals surface area contributed by atoms with Crippen molar-refractivity contribution in [2.45, 2.75) is 12.3 Å². The predicted octanol–water partition coefficient (Wildman–Crippen LogP) is 2.87. The largest absolute Gasteiger partial charge is 0.419 e. The lowest BCUT2D eigenvalue weighted by atomic mass is 10.1. The number of aryl methyl sites for hydroxylation is 1. The molecule has 2 atom stereocenters. The molecule has 0 bridgehead atoms. The van der Waals surface area contributed by atoms with Gasteiger partial charge >= 0.3 is 5.76 Å². The summed E-state index contributed by atoms with van der Waals surface area (Å²) in [6.45, 7) is 0. The van der Waals surface area contributed by atoms with Crippen LogP contribution in [0.25, 0.3) is 11.1 Å². The van der Waals surface area contributed by atoms with Gasteiger partial charge in [0.1, 0.15) is 0 Å². The van der Waals surface area contributed by atoms with E-state index in [1.807, 2.05) is 18.2 Å². The van der Waals surface area contributed by atoms with Crippen LogP contribution >= 0.6 is 0 Å². The number of carbonyl (C=O) groups excluding carboxylic acids is 1. The Bertz CT molecular complexity index is 940. The van der Waals surface area contributed by atoms with Gasteiger partial charge in [-0.25, -0.2) is 4.79 Å². The molecule has 23 heavy (non-hydrogen) atoms. The Labute approximate surface area is 132 Å². The zero-order valence-corrected chi connectivity index (χ0v) is 12.7. The van der Waals surface area contributed by atoms with Crippen molar-refractivity contribution in [1.82, 2.24) is 4.57 Å². The summed E-state index contributed by atoms with van der Waals surface area (Å²) in [6.07, 6.45) is 0.874. The molecule has 1 aliphatic carbocycles. The molecule has 116 valence electrons. The first-order valence-corrected chi connectivity index (χ1v) is 7.59. The van der Waals surface area contributed by atoms with Crippen molar-refractivity contribution >= 4 is 22.7 Å². The van der Waals surface area contributed by atoms with E-state index in [1.54, 1.807) is 25.2 Å². The molecule has 1 saturated carbocycles. The molecule has 2 aromatic carbocycles. The minimum Gasteiger partial charge on any atom is -0.408 e. The van der Waals surface area contributed by atoms with Crippen LogP contribution in [0.3, 0.4) is 0 Å². The van der Waals surface area contributed by atoms with Gasteiger partial charge in [0, 0.05) is 24.7 Å². The molecule has 0 unspecified atom stereocenters. The van der Waals surface area contributed by atoms with Gasteiger partial charge in [0.2, 0.25) is 5.91 Å². The number of benzene rings is 2. The van der Waals surface area contributed by atoms with Crippen LogP contribution in [-0.4, -0.2) is 10.5 Å². The molecule has 1 aliphatic rings. The summed E-state index contributed by atoms with van der Waals surface area (Å²) in [4.78, 5) is 23.9. The molecule has 5 heteroatoms. The smallest absolute Gasteiger partial charge is 0.408 e. The van der Waals surface area contributed by atoms with Crippen LogP contribution in [0.15, 0.2) is 57.7 Å². The summed E-state index contributed by atoms with van der Waals surface area (Å²) in [5, 5.41) is 2.91. The Kier molecular flexibility index (Phi) is 3.08. The van der Waals surface area contributed by atoms with Crippen molar-refractivity contribution in [2.75, 3.05) is 5.32 Å². The number of aromatic nitrogens is 1. The average Bonchev–Trinajstić information content (AvgIpc) is 3.31. The Hall–Kier alpha value is -2.82. The van der Waals surface area contributed by atoms with Crippen molar-refractivity contribution in [3.63, 3.8) is 0 Å². The quantitative estimate of drug-likeness (QED) is 0.809. The summed E-state index contributed by atoms with van der Waals surface area (Å²) < 4.78 is 6.58. The van der Waals surface area contributed by atoms with Crippen molar-refractivity contribution in [1.29, 1.82) is 0 Å². The second-order valence-corrected chi connectivity index (χ2v) is 5.96. The van der Waals surface area contributed by atoms with Crippen molar-refractivity contribution < 1.29 is 9.21 Å². The molecule has 1 N–H and O–H groups in total. The predicted molar refractivity (Wildman–Crippen MR) is 87.4 cm³/mol. The van der Waals surface area contributed by atoms with Crippen LogP contribution in [-0.2, 0) is 11.8 Å². The third-order valence-electron chi connectivity index (χ3n) is 4.41. The maximum atomic E-state index is 12.4. The zero-order valence-electron chi connectivity index (χ0n) is 12.7. The summed E-state index contributed by atoms with van der Waals surface area (Å²) >= 11 is 0. The topological polar surface area (TPSA) is 64.2 Å². The van der Waals surface area contributed by atoms with Gasteiger partial charge in [0.25, 0.3) is 0 Å². The van der Waals surface area contributed by atoms with Gasteiger partial charge in [-0.05, 0) is 30.0 Å². The Morgan fingerprint density at radius 3 is 2.78 bits per heavy atom. The number of oxazole rings is 1. The summed E-state index contributed by atoms with van der Waals surface area (Å²) in [5.41, 5.74) is 3.04. The van der Waals surface area contributed by atoms with Crippen molar-refractivity contribution in [2.24, 2.45) is 13.0 Å². The third kappa shape index (κ3) is 2.44. The highest BCUT2D eigenvalue weighted by molar-refractivity contribution is 5.96. The number of rotatable bonds is 3. The molecule has 4 rings (SSSR count). The number of hydrogen-bond acceptors (Lipinski definition) is 3. The molecule has 1 aromatic heterocycles. The SMILES string of the molecule is Cn1c(=O)oc2cc(NC(=O)[C@H]3C[C@@H]3c3ccccc3)ccc21. The molecular formula is C18H16N2O3. The molecule has 0 aliphatic heterocycles. The molecule has 0 saturated heterocycles. The number of hydrogen-bond donors (Lipinski definition) is 1. The third-order valence-corrected chi connectivity index (χ3v) is 4.41. The molecule has 1 fully saturated rings. The second kappa shape index (κ2) is 5.12. The van der Waals surface area contributed by atoms with Crippen LogP contribution in [0.5, 0.6) is 0 Å². The van der Waals surface area contributed by atoms with Crippen molar-refractivity contribution in [3.05, 3.63) is 64.6 Å². The maximum Gasteiger partial charge on any atom is 0.419 e. The summed E-state index contributed by atoms with van der Waals surface area (Å²) in [5.74, 6) is -0.0863. The van der Waals surface area contributed by atoms with Gasteiger partial charge in [-0.1, -0.05) is 30.3 Å². The highest BCUT2D eigenvalue weighted by Crippen LogP contribution is 2.47. The zero-order chi connectivity index (χ0) is 16.0. The first kappa shape index (κ1) is 13.8. The molecule has 1 amide bonds. The molecule has 0 radical (unpaired) electrons. The fourth-order valence-electron chi connectivity index (χ4n) is 3.00. The van der Waals surface area contributed by atoms with Crippen LogP contribution < -0.4 is 11.1 Å². The molecule has 3 aromatic rings. The lowest BCUT2D eigenvalue weighted by Crippen LogP contribution is -2.14. The number of fused-ring (bicyclic) bond motifs is 1. The van der Waals surface area contributed by atoms with Crippen LogP contribution in [0.4, 0.5) is 5.69 Å². The van der Waals surface area contributed by atoms with E-state index in [1.165, 1.54) is 10.1 Å². The lowest BCUT2D eigenvalue weighted by molar-refractivity contribution is -0.117. The fraction of sp³-hybridized carbons (Fsp3) is 0.222. The van der Waals surface area contributed by atoms with Gasteiger partial charge < -0.3 is 9.73 Å². The van der Waals surface area contributed by atoms with Gasteiger partial charge in [0.15, 0.2) is 5.58 Å². The minimum atomic E-state index is -0.408. The number of nitrogens with one attached hydrogen (secondary N) is 1. The minimum absolute atomic E-state index is 0.0101. The van der Waals surface area contributed by atoms with Crippen molar-refractivity contribution in [3.8, 4) is 0 Å². The Balaban J connectivity index is 1.50. The second-order valence-electron chi connectivity index (χ2n) is 5.96. The van der Waals surface area contributed by atoms with Gasteiger partial charge in [-0.15, -0.1) is 0 Å². The Morgan fingerprint density at radius 2 is 2.00 bits per heavy atom. The van der Waals surface area contributed by atoms with E-state index in [0.717, 1.165) is 6.42 Å². The Morgan fingerprint density at radius 1 is 1.22 bits per heavy atom. The normalized spacial score (nSPS) is 19.7. The molecule has 1 heterocycles. The van der Waals surface area contributed by atoms with E-state index in [0.29, 0.717) is 22.7 Å². The highest BCUT2D eigenvalue weighted by Gasteiger charge is 2.43. The van der Waals surface area contributed by atoms with E-state index >= 15 is 0 Å². The maximum absolute atomic E-state index is 12.4. The first-order valence-electron chi connectivity index (χ1n) is 7.59. The fourth-order valence-corrected chi connectivity index (χ4v) is 3.00. The summed E-state index contributed by atoms with van der Waals surface area (Å²) in [7, 11) is 1.65. The molecular weight excluding hydrogens is 292 g/mol. The summed E-state index contributed by atoms with van der Waals surface area (Å²) in [6, 6.07) is 15.3. The number of carbonyl (C=O) groups is 1. The number of nitrogens with zero attached hydrogens (tertiary/aromatic N) is 1. The van der Waals surface area contributed by atoms with E-state index in [-0.39, 0.29) is 11.8 Å². The molecule has 0 spiro atoms. The van der Waals surface area contributed by atoms with Crippen LogP contribution in [0.1, 0.15) is 17.9 Å². The van der Waals surface area contributed by atoms with E-state index in [9.17, 15) is 9.59 Å². The lowest BCUT2D eigenvalue weighted by Gasteiger charge is -2.05. The highest BCUT2D eigenvalue weighted by atomic mass is 16.4.